The zero-order valence-electron chi connectivity index (χ0n) is 17.1. The summed E-state index contributed by atoms with van der Waals surface area (Å²) >= 11 is 0. The molecule has 0 aromatic heterocycles. The largest absolute Gasteiger partial charge is 0.466 e. The lowest BCUT2D eigenvalue weighted by molar-refractivity contribution is -0.137. The molecule has 0 amide bonds. The average Bonchev–Trinajstić information content (AvgIpc) is 2.60. The van der Waals surface area contributed by atoms with Gasteiger partial charge in [0.2, 0.25) is 0 Å². The average molecular weight is 385 g/mol. The molecule has 1 rings (SSSR count). The topological polar surface area (TPSA) is 107 Å². The molecule has 0 aromatic rings. The van der Waals surface area contributed by atoms with Crippen LogP contribution in [0.2, 0.25) is 0 Å². The molecule has 0 radical (unpaired) electrons. The van der Waals surface area contributed by atoms with Gasteiger partial charge in [-0.2, -0.15) is 0 Å². The minimum atomic E-state index is -1.33. The Morgan fingerprint density at radius 2 is 1.74 bits per heavy atom. The lowest BCUT2D eigenvalue weighted by Gasteiger charge is -2.34. The van der Waals surface area contributed by atoms with Crippen molar-refractivity contribution in [2.75, 3.05) is 7.11 Å². The Kier molecular flexibility index (Phi) is 8.67. The van der Waals surface area contributed by atoms with Crippen molar-refractivity contribution in [3.8, 4) is 0 Å². The molecule has 0 fully saturated rings. The number of esters is 1. The standard InChI is InChI=1S/C21H36O6/c1-14-7-6-11-20(3,25)18(23)13-16(15(2)19(24)27-5)10-12-21(4,26)17(22)9-8-14/h7,16-18,22-23,25-26H,2,6,8-13H2,1,3-5H3/b14-7+/t16-,17-,18-,20+,21-/m0/s1. The highest BCUT2D eigenvalue weighted by Crippen LogP contribution is 2.33. The first-order chi connectivity index (χ1) is 12.4. The molecule has 4 N–H and O–H groups in total. The summed E-state index contributed by atoms with van der Waals surface area (Å²) in [6.07, 6.45) is 2.74. The Bertz CT molecular complexity index is 549. The summed E-state index contributed by atoms with van der Waals surface area (Å²) < 4.78 is 4.74. The van der Waals surface area contributed by atoms with Gasteiger partial charge in [-0.25, -0.2) is 4.79 Å². The van der Waals surface area contributed by atoms with Crippen molar-refractivity contribution in [2.45, 2.75) is 89.1 Å². The quantitative estimate of drug-likeness (QED) is 0.330. The molecule has 0 unspecified atom stereocenters. The van der Waals surface area contributed by atoms with E-state index in [1.807, 2.05) is 13.0 Å². The van der Waals surface area contributed by atoms with Crippen LogP contribution in [0.5, 0.6) is 0 Å². The van der Waals surface area contributed by atoms with Gasteiger partial charge >= 0.3 is 5.97 Å². The molecule has 0 bridgehead atoms. The number of hydrogen-bond donors (Lipinski definition) is 4. The van der Waals surface area contributed by atoms with Crippen LogP contribution < -0.4 is 0 Å². The number of aliphatic hydroxyl groups is 4. The maximum atomic E-state index is 11.9. The number of hydrogen-bond acceptors (Lipinski definition) is 6. The normalized spacial score (nSPS) is 39.0. The van der Waals surface area contributed by atoms with Gasteiger partial charge in [0.15, 0.2) is 0 Å². The molecule has 6 heteroatoms. The Balaban J connectivity index is 3.11. The van der Waals surface area contributed by atoms with E-state index in [9.17, 15) is 25.2 Å². The van der Waals surface area contributed by atoms with Crippen molar-refractivity contribution < 1.29 is 30.0 Å². The first kappa shape index (κ1) is 23.8. The lowest BCUT2D eigenvalue weighted by Crippen LogP contribution is -2.42. The number of aliphatic hydroxyl groups excluding tert-OH is 2. The molecule has 0 aliphatic heterocycles. The van der Waals surface area contributed by atoms with E-state index in [0.717, 1.165) is 5.57 Å². The van der Waals surface area contributed by atoms with Crippen molar-refractivity contribution in [2.24, 2.45) is 5.92 Å². The molecule has 1 aliphatic carbocycles. The smallest absolute Gasteiger partial charge is 0.333 e. The third-order valence-electron chi connectivity index (χ3n) is 5.84. The van der Waals surface area contributed by atoms with Crippen LogP contribution in [0.3, 0.4) is 0 Å². The highest BCUT2D eigenvalue weighted by atomic mass is 16.5. The molecule has 156 valence electrons. The van der Waals surface area contributed by atoms with Gasteiger partial charge in [0.1, 0.15) is 0 Å². The van der Waals surface area contributed by atoms with Gasteiger partial charge in [-0.05, 0) is 71.6 Å². The summed E-state index contributed by atoms with van der Waals surface area (Å²) in [5, 5.41) is 42.3. The number of carbonyl (C=O) groups is 1. The molecular formula is C21H36O6. The van der Waals surface area contributed by atoms with E-state index in [4.69, 9.17) is 4.74 Å². The van der Waals surface area contributed by atoms with Crippen LogP contribution in [-0.2, 0) is 9.53 Å². The molecule has 0 aromatic carbocycles. The molecule has 0 saturated carbocycles. The Morgan fingerprint density at radius 1 is 1.15 bits per heavy atom. The Hall–Kier alpha value is -1.21. The van der Waals surface area contributed by atoms with Crippen LogP contribution in [0.15, 0.2) is 23.8 Å². The Labute approximate surface area is 162 Å². The van der Waals surface area contributed by atoms with E-state index < -0.39 is 35.3 Å². The summed E-state index contributed by atoms with van der Waals surface area (Å²) in [6.45, 7) is 8.91. The van der Waals surface area contributed by atoms with Crippen LogP contribution in [0.1, 0.15) is 65.7 Å². The molecule has 6 nitrogen and oxygen atoms in total. The molecule has 27 heavy (non-hydrogen) atoms. The second kappa shape index (κ2) is 9.82. The summed E-state index contributed by atoms with van der Waals surface area (Å²) in [7, 11) is 1.26. The number of rotatable bonds is 2. The second-order valence-corrected chi connectivity index (χ2v) is 8.36. The van der Waals surface area contributed by atoms with Crippen LogP contribution in [0.25, 0.3) is 0 Å². The van der Waals surface area contributed by atoms with Crippen molar-refractivity contribution in [3.63, 3.8) is 0 Å². The van der Waals surface area contributed by atoms with Crippen molar-refractivity contribution in [1.82, 2.24) is 0 Å². The monoisotopic (exact) mass is 384 g/mol. The lowest BCUT2D eigenvalue weighted by atomic mass is 9.79. The van der Waals surface area contributed by atoms with Gasteiger partial charge in [0.25, 0.3) is 0 Å². The first-order valence-electron chi connectivity index (χ1n) is 9.64. The fourth-order valence-electron chi connectivity index (χ4n) is 3.44. The third-order valence-corrected chi connectivity index (χ3v) is 5.84. The summed E-state index contributed by atoms with van der Waals surface area (Å²) in [4.78, 5) is 11.9. The number of methoxy groups -OCH3 is 1. The minimum absolute atomic E-state index is 0.121. The van der Waals surface area contributed by atoms with Gasteiger partial charge in [0.05, 0.1) is 30.5 Å². The highest BCUT2D eigenvalue weighted by Gasteiger charge is 2.36. The van der Waals surface area contributed by atoms with E-state index in [2.05, 4.69) is 6.58 Å². The highest BCUT2D eigenvalue weighted by molar-refractivity contribution is 5.88. The fraction of sp³-hybridized carbons (Fsp3) is 0.762. The van der Waals surface area contributed by atoms with Crippen LogP contribution in [0.4, 0.5) is 0 Å². The van der Waals surface area contributed by atoms with Crippen molar-refractivity contribution in [3.05, 3.63) is 23.8 Å². The molecule has 0 spiro atoms. The molecule has 0 heterocycles. The van der Waals surface area contributed by atoms with Crippen LogP contribution >= 0.6 is 0 Å². The van der Waals surface area contributed by atoms with Gasteiger partial charge < -0.3 is 25.2 Å². The zero-order valence-corrected chi connectivity index (χ0v) is 17.1. The van der Waals surface area contributed by atoms with Gasteiger partial charge in [-0.15, -0.1) is 0 Å². The van der Waals surface area contributed by atoms with Gasteiger partial charge in [-0.1, -0.05) is 18.2 Å². The number of carbonyl (C=O) groups excluding carboxylic acids is 1. The molecule has 1 aliphatic rings. The van der Waals surface area contributed by atoms with E-state index in [1.54, 1.807) is 13.8 Å². The van der Waals surface area contributed by atoms with Crippen LogP contribution in [0, 0.1) is 5.92 Å². The summed E-state index contributed by atoms with van der Waals surface area (Å²) in [5.41, 5.74) is -1.37. The van der Waals surface area contributed by atoms with Gasteiger partial charge in [0, 0.05) is 5.57 Å². The SMILES string of the molecule is C=C(C(=O)OC)[C@H]1CC[C@](C)(O)[C@@H](O)CC/C(C)=C/CC[C@@](C)(O)[C@@H](O)C1. The van der Waals surface area contributed by atoms with E-state index >= 15 is 0 Å². The summed E-state index contributed by atoms with van der Waals surface area (Å²) in [5.74, 6) is -1.05. The van der Waals surface area contributed by atoms with Crippen LogP contribution in [-0.4, -0.2) is 56.9 Å². The molecule has 0 saturated heterocycles. The zero-order chi connectivity index (χ0) is 20.8. The third kappa shape index (κ3) is 7.03. The fourth-order valence-corrected chi connectivity index (χ4v) is 3.44. The van der Waals surface area contributed by atoms with Gasteiger partial charge in [-0.3, -0.25) is 0 Å². The van der Waals surface area contributed by atoms with E-state index in [0.29, 0.717) is 32.1 Å². The molecular weight excluding hydrogens is 348 g/mol. The predicted octanol–water partition coefficient (Wildman–Crippen LogP) is 2.25. The molecule has 5 atom stereocenters. The number of allylic oxidation sites excluding steroid dienone is 2. The van der Waals surface area contributed by atoms with E-state index in [-0.39, 0.29) is 18.4 Å². The van der Waals surface area contributed by atoms with Crippen molar-refractivity contribution in [1.29, 1.82) is 0 Å². The number of ether oxygens (including phenoxy) is 1. The Morgan fingerprint density at radius 3 is 2.33 bits per heavy atom. The predicted molar refractivity (Wildman–Crippen MR) is 104 cm³/mol. The van der Waals surface area contributed by atoms with E-state index in [1.165, 1.54) is 7.11 Å². The van der Waals surface area contributed by atoms with Crippen molar-refractivity contribution >= 4 is 5.97 Å². The maximum absolute atomic E-state index is 11.9. The maximum Gasteiger partial charge on any atom is 0.333 e. The minimum Gasteiger partial charge on any atom is -0.466 e. The second-order valence-electron chi connectivity index (χ2n) is 8.36. The first-order valence-corrected chi connectivity index (χ1v) is 9.64. The summed E-state index contributed by atoms with van der Waals surface area (Å²) in [6, 6.07) is 0.